The van der Waals surface area contributed by atoms with Crippen molar-refractivity contribution in [3.8, 4) is 5.75 Å². The van der Waals surface area contributed by atoms with Crippen molar-refractivity contribution in [2.45, 2.75) is 56.8 Å². The lowest BCUT2D eigenvalue weighted by molar-refractivity contribution is -0.119. The number of carboxylic acid groups (broad SMARTS) is 1. The molecule has 0 bridgehead atoms. The van der Waals surface area contributed by atoms with E-state index in [2.05, 4.69) is 5.32 Å². The highest BCUT2D eigenvalue weighted by molar-refractivity contribution is 5.93. The Hall–Kier alpha value is -4.72. The third-order valence-electron chi connectivity index (χ3n) is 8.71. The Bertz CT molecular complexity index is 1780. The molecule has 2 unspecified atom stereocenters. The highest BCUT2D eigenvalue weighted by Crippen LogP contribution is 2.39. The van der Waals surface area contributed by atoms with Crippen LogP contribution in [0.3, 0.4) is 0 Å². The Morgan fingerprint density at radius 1 is 1.11 bits per heavy atom. The molecule has 2 saturated heterocycles. The molecule has 6 rings (SSSR count). The van der Waals surface area contributed by atoms with Gasteiger partial charge in [0.2, 0.25) is 11.3 Å². The van der Waals surface area contributed by atoms with E-state index in [0.29, 0.717) is 24.9 Å². The molecular formula is C32H34F2N4O8. The number of benzene rings is 2. The number of halogens is 2. The van der Waals surface area contributed by atoms with Gasteiger partial charge in [0.05, 0.1) is 30.0 Å². The Morgan fingerprint density at radius 3 is 2.59 bits per heavy atom. The van der Waals surface area contributed by atoms with Crippen molar-refractivity contribution < 1.29 is 42.9 Å². The SMILES string of the molecule is CC(=O)NCC1CN(c2ccc(OCC3(O)CCCN(c4cc5c(cc4F)c(=O)c(C(=O)O)cn5C4CC4)CC3)c(F)c2)C(=O)O1. The van der Waals surface area contributed by atoms with Crippen LogP contribution in [0.5, 0.6) is 5.75 Å². The third-order valence-corrected chi connectivity index (χ3v) is 8.71. The Balaban J connectivity index is 1.13. The number of carbonyl (C=O) groups excluding carboxylic acids is 2. The molecule has 46 heavy (non-hydrogen) atoms. The van der Waals surface area contributed by atoms with E-state index < -0.39 is 46.4 Å². The lowest BCUT2D eigenvalue weighted by Crippen LogP contribution is -2.37. The smallest absolute Gasteiger partial charge is 0.414 e. The second-order valence-corrected chi connectivity index (χ2v) is 12.2. The van der Waals surface area contributed by atoms with E-state index in [1.807, 2.05) is 0 Å². The van der Waals surface area contributed by atoms with Crippen molar-refractivity contribution in [3.63, 3.8) is 0 Å². The summed E-state index contributed by atoms with van der Waals surface area (Å²) in [4.78, 5) is 51.0. The van der Waals surface area contributed by atoms with E-state index in [1.165, 1.54) is 30.2 Å². The van der Waals surface area contributed by atoms with Gasteiger partial charge in [-0.15, -0.1) is 0 Å². The molecule has 2 aliphatic heterocycles. The molecule has 14 heteroatoms. The van der Waals surface area contributed by atoms with Crippen LogP contribution in [0.4, 0.5) is 25.0 Å². The highest BCUT2D eigenvalue weighted by Gasteiger charge is 2.35. The van der Waals surface area contributed by atoms with Crippen LogP contribution in [0.1, 0.15) is 55.4 Å². The van der Waals surface area contributed by atoms with Crippen molar-refractivity contribution in [2.24, 2.45) is 0 Å². The summed E-state index contributed by atoms with van der Waals surface area (Å²) >= 11 is 0. The number of fused-ring (bicyclic) bond motifs is 1. The van der Waals surface area contributed by atoms with E-state index in [4.69, 9.17) is 9.47 Å². The average Bonchev–Trinajstić information content (AvgIpc) is 3.81. The maximum Gasteiger partial charge on any atom is 0.414 e. The van der Waals surface area contributed by atoms with Gasteiger partial charge in [0.15, 0.2) is 11.6 Å². The minimum absolute atomic E-state index is 0.00672. The minimum atomic E-state index is -1.36. The summed E-state index contributed by atoms with van der Waals surface area (Å²) in [5, 5.41) is 23.5. The predicted molar refractivity (Wildman–Crippen MR) is 163 cm³/mol. The minimum Gasteiger partial charge on any atom is -0.488 e. The molecule has 1 saturated carbocycles. The van der Waals surface area contributed by atoms with Crippen LogP contribution >= 0.6 is 0 Å². The number of cyclic esters (lactones) is 1. The molecule has 2 atom stereocenters. The molecule has 3 heterocycles. The van der Waals surface area contributed by atoms with Gasteiger partial charge in [-0.05, 0) is 56.4 Å². The number of pyridine rings is 1. The predicted octanol–water partition coefficient (Wildman–Crippen LogP) is 3.57. The van der Waals surface area contributed by atoms with E-state index >= 15 is 8.78 Å². The molecule has 1 aliphatic carbocycles. The summed E-state index contributed by atoms with van der Waals surface area (Å²) in [6.07, 6.45) is 2.72. The van der Waals surface area contributed by atoms with Crippen LogP contribution in [0.15, 0.2) is 41.3 Å². The topological polar surface area (TPSA) is 151 Å². The molecule has 2 aromatic carbocycles. The number of nitrogens with zero attached hydrogens (tertiary/aromatic N) is 3. The van der Waals surface area contributed by atoms with Crippen LogP contribution in [-0.4, -0.2) is 77.2 Å². The van der Waals surface area contributed by atoms with E-state index in [9.17, 15) is 29.4 Å². The van der Waals surface area contributed by atoms with Gasteiger partial charge in [0.25, 0.3) is 0 Å². The lowest BCUT2D eigenvalue weighted by Gasteiger charge is -2.28. The van der Waals surface area contributed by atoms with Crippen molar-refractivity contribution >= 4 is 40.2 Å². The van der Waals surface area contributed by atoms with Gasteiger partial charge in [0.1, 0.15) is 29.7 Å². The molecule has 1 aromatic heterocycles. The number of aromatic carboxylic acids is 1. The highest BCUT2D eigenvalue weighted by atomic mass is 19.1. The number of hydrogen-bond acceptors (Lipinski definition) is 8. The number of anilines is 2. The lowest BCUT2D eigenvalue weighted by atomic mass is 9.96. The van der Waals surface area contributed by atoms with Gasteiger partial charge in [-0.3, -0.25) is 14.5 Å². The molecule has 3 aromatic rings. The number of carbonyl (C=O) groups is 3. The molecule has 3 fully saturated rings. The maximum absolute atomic E-state index is 15.4. The van der Waals surface area contributed by atoms with Crippen LogP contribution in [0.25, 0.3) is 10.9 Å². The van der Waals surface area contributed by atoms with Crippen LogP contribution in [0, 0.1) is 11.6 Å². The zero-order chi connectivity index (χ0) is 32.7. The number of rotatable bonds is 9. The van der Waals surface area contributed by atoms with Crippen LogP contribution in [-0.2, 0) is 9.53 Å². The molecule has 244 valence electrons. The number of aliphatic hydroxyl groups is 1. The van der Waals surface area contributed by atoms with Crippen molar-refractivity contribution in [3.05, 3.63) is 63.9 Å². The Labute approximate surface area is 262 Å². The van der Waals surface area contributed by atoms with E-state index in [1.54, 1.807) is 15.5 Å². The first-order valence-corrected chi connectivity index (χ1v) is 15.2. The second kappa shape index (κ2) is 12.2. The fraction of sp³-hybridized carbons (Fsp3) is 0.438. The average molecular weight is 641 g/mol. The third kappa shape index (κ3) is 6.34. The van der Waals surface area contributed by atoms with Crippen molar-refractivity contribution in [1.82, 2.24) is 9.88 Å². The largest absolute Gasteiger partial charge is 0.488 e. The van der Waals surface area contributed by atoms with Gasteiger partial charge >= 0.3 is 12.1 Å². The summed E-state index contributed by atoms with van der Waals surface area (Å²) in [7, 11) is 0. The van der Waals surface area contributed by atoms with Gasteiger partial charge in [-0.2, -0.15) is 0 Å². The first-order chi connectivity index (χ1) is 21.9. The number of aromatic nitrogens is 1. The van der Waals surface area contributed by atoms with Crippen molar-refractivity contribution in [2.75, 3.05) is 42.6 Å². The summed E-state index contributed by atoms with van der Waals surface area (Å²) in [6, 6.07) is 6.71. The fourth-order valence-electron chi connectivity index (χ4n) is 6.06. The molecule has 0 radical (unpaired) electrons. The van der Waals surface area contributed by atoms with Gasteiger partial charge in [-0.25, -0.2) is 18.4 Å². The molecule has 3 aliphatic rings. The van der Waals surface area contributed by atoms with Gasteiger partial charge in [0, 0.05) is 43.7 Å². The van der Waals surface area contributed by atoms with Gasteiger partial charge < -0.3 is 34.5 Å². The number of ether oxygens (including phenoxy) is 2. The van der Waals surface area contributed by atoms with E-state index in [0.717, 1.165) is 25.0 Å². The Morgan fingerprint density at radius 2 is 1.89 bits per heavy atom. The number of hydrogen-bond donors (Lipinski definition) is 3. The van der Waals surface area contributed by atoms with Crippen LogP contribution in [0.2, 0.25) is 0 Å². The molecule has 0 spiro atoms. The van der Waals surface area contributed by atoms with Crippen LogP contribution < -0.4 is 25.3 Å². The summed E-state index contributed by atoms with van der Waals surface area (Å²) in [5.74, 6) is -3.13. The summed E-state index contributed by atoms with van der Waals surface area (Å²) in [5.41, 5.74) is -1.51. The quantitative estimate of drug-likeness (QED) is 0.319. The first-order valence-electron chi connectivity index (χ1n) is 15.2. The zero-order valence-electron chi connectivity index (χ0n) is 25.1. The normalized spacial score (nSPS) is 21.7. The Kier molecular flexibility index (Phi) is 8.32. The standard InChI is InChI=1S/C32H34F2N4O8/c1-18(39)35-14-21-15-38(31(43)46-21)20-5-6-28(25(34)11-20)45-17-32(44)7-2-9-36(10-8-32)27-13-26-22(12-24(27)33)29(40)23(30(41)42)16-37(26)19-3-4-19/h5-6,11-13,16,19,21,44H,2-4,7-10,14-15,17H2,1H3,(H,35,39)(H,41,42). The molecule has 3 N–H and O–H groups in total. The summed E-state index contributed by atoms with van der Waals surface area (Å²) in [6.45, 7) is 2.06. The molecular weight excluding hydrogens is 606 g/mol. The zero-order valence-corrected chi connectivity index (χ0v) is 25.1. The number of carboxylic acids is 1. The number of amides is 2. The van der Waals surface area contributed by atoms with Crippen molar-refractivity contribution in [1.29, 1.82) is 0 Å². The van der Waals surface area contributed by atoms with Gasteiger partial charge in [-0.1, -0.05) is 0 Å². The molecule has 2 amide bonds. The maximum atomic E-state index is 15.4. The fourth-order valence-corrected chi connectivity index (χ4v) is 6.06. The van der Waals surface area contributed by atoms with E-state index in [-0.39, 0.29) is 67.1 Å². The summed E-state index contributed by atoms with van der Waals surface area (Å²) < 4.78 is 43.1. The molecule has 12 nitrogen and oxygen atoms in total. The number of nitrogens with one attached hydrogen (secondary N) is 1. The second-order valence-electron chi connectivity index (χ2n) is 12.2. The first kappa shape index (κ1) is 31.3. The monoisotopic (exact) mass is 640 g/mol.